The van der Waals surface area contributed by atoms with E-state index in [-0.39, 0.29) is 5.54 Å². The number of nitrogens with one attached hydrogen (secondary N) is 1. The Bertz CT molecular complexity index is 615. The van der Waals surface area contributed by atoms with Gasteiger partial charge in [0.15, 0.2) is 0 Å². The third kappa shape index (κ3) is 2.46. The second kappa shape index (κ2) is 4.78. The zero-order chi connectivity index (χ0) is 14.7. The summed E-state index contributed by atoms with van der Waals surface area (Å²) in [6.45, 7) is 0.400. The first-order valence-electron chi connectivity index (χ1n) is 7.79. The lowest BCUT2D eigenvalue weighted by Gasteiger charge is -2.56. The monoisotopic (exact) mass is 326 g/mol. The van der Waals surface area contributed by atoms with E-state index in [0.29, 0.717) is 11.4 Å². The minimum absolute atomic E-state index is 0.168. The van der Waals surface area contributed by atoms with Gasteiger partial charge in [0.05, 0.1) is 4.90 Å². The van der Waals surface area contributed by atoms with Crippen LogP contribution in [0.1, 0.15) is 43.4 Å². The summed E-state index contributed by atoms with van der Waals surface area (Å²) in [5.74, 6) is 2.21. The number of hydrogen-bond donors (Lipinski definition) is 2. The van der Waals surface area contributed by atoms with Crippen LogP contribution in [0.3, 0.4) is 0 Å². The van der Waals surface area contributed by atoms with E-state index in [4.69, 9.17) is 5.73 Å². The SMILES string of the molecule is NCc1cc(S(=O)(=O)NC23CC4CC(CC(C4)C2)C3)cs1. The summed E-state index contributed by atoms with van der Waals surface area (Å²) >= 11 is 1.42. The van der Waals surface area contributed by atoms with Crippen molar-refractivity contribution in [1.82, 2.24) is 4.72 Å². The molecule has 4 aliphatic carbocycles. The summed E-state index contributed by atoms with van der Waals surface area (Å²) in [7, 11) is -3.41. The van der Waals surface area contributed by atoms with E-state index >= 15 is 0 Å². The number of sulfonamides is 1. The smallest absolute Gasteiger partial charge is 0.241 e. The van der Waals surface area contributed by atoms with Crippen LogP contribution < -0.4 is 10.5 Å². The molecule has 1 aromatic rings. The maximum absolute atomic E-state index is 12.7. The van der Waals surface area contributed by atoms with Crippen molar-refractivity contribution < 1.29 is 8.42 Å². The second-order valence-electron chi connectivity index (χ2n) is 7.26. The van der Waals surface area contributed by atoms with Gasteiger partial charge in [-0.2, -0.15) is 0 Å². The Labute approximate surface area is 130 Å². The molecule has 0 radical (unpaired) electrons. The molecular weight excluding hydrogens is 304 g/mol. The molecular formula is C15H22N2O2S2. The van der Waals surface area contributed by atoms with Crippen molar-refractivity contribution in [3.8, 4) is 0 Å². The minimum atomic E-state index is -3.41. The van der Waals surface area contributed by atoms with E-state index in [1.165, 1.54) is 30.6 Å². The summed E-state index contributed by atoms with van der Waals surface area (Å²) < 4.78 is 28.5. The first-order valence-corrected chi connectivity index (χ1v) is 10.2. The third-order valence-corrected chi connectivity index (χ3v) is 8.20. The Morgan fingerprint density at radius 3 is 2.24 bits per heavy atom. The van der Waals surface area contributed by atoms with Crippen molar-refractivity contribution in [2.45, 2.75) is 55.5 Å². The highest BCUT2D eigenvalue weighted by Crippen LogP contribution is 2.55. The molecule has 21 heavy (non-hydrogen) atoms. The predicted octanol–water partition coefficient (Wildman–Crippen LogP) is 2.45. The Kier molecular flexibility index (Phi) is 3.23. The first-order chi connectivity index (χ1) is 9.98. The van der Waals surface area contributed by atoms with Crippen molar-refractivity contribution in [2.75, 3.05) is 0 Å². The molecule has 0 saturated heterocycles. The lowest BCUT2D eigenvalue weighted by molar-refractivity contribution is -0.00810. The van der Waals surface area contributed by atoms with Gasteiger partial charge in [0, 0.05) is 22.3 Å². The highest BCUT2D eigenvalue weighted by Gasteiger charge is 2.52. The van der Waals surface area contributed by atoms with E-state index in [1.807, 2.05) is 0 Å². The fourth-order valence-electron chi connectivity index (χ4n) is 5.19. The van der Waals surface area contributed by atoms with Crippen LogP contribution >= 0.6 is 11.3 Å². The number of nitrogens with two attached hydrogens (primary N) is 1. The van der Waals surface area contributed by atoms with Crippen LogP contribution in [-0.4, -0.2) is 14.0 Å². The van der Waals surface area contributed by atoms with Crippen LogP contribution in [0.2, 0.25) is 0 Å². The fourth-order valence-corrected chi connectivity index (χ4v) is 7.78. The maximum Gasteiger partial charge on any atom is 0.241 e. The zero-order valence-corrected chi connectivity index (χ0v) is 13.7. The Balaban J connectivity index is 1.60. The molecule has 4 fully saturated rings. The largest absolute Gasteiger partial charge is 0.326 e. The van der Waals surface area contributed by atoms with Gasteiger partial charge in [-0.05, 0) is 62.3 Å². The van der Waals surface area contributed by atoms with Crippen LogP contribution in [0.5, 0.6) is 0 Å². The second-order valence-corrected chi connectivity index (χ2v) is 9.93. The van der Waals surface area contributed by atoms with Crippen LogP contribution in [0.4, 0.5) is 0 Å². The molecule has 1 aromatic heterocycles. The van der Waals surface area contributed by atoms with Gasteiger partial charge in [0.25, 0.3) is 0 Å². The summed E-state index contributed by atoms with van der Waals surface area (Å²) in [4.78, 5) is 1.31. The Morgan fingerprint density at radius 2 is 1.76 bits per heavy atom. The van der Waals surface area contributed by atoms with Gasteiger partial charge >= 0.3 is 0 Å². The molecule has 0 aromatic carbocycles. The van der Waals surface area contributed by atoms with Crippen molar-refractivity contribution in [3.05, 3.63) is 16.3 Å². The van der Waals surface area contributed by atoms with Crippen molar-refractivity contribution in [3.63, 3.8) is 0 Å². The Hall–Kier alpha value is -0.430. The lowest BCUT2D eigenvalue weighted by Crippen LogP contribution is -2.59. The summed E-state index contributed by atoms with van der Waals surface area (Å²) in [6.07, 6.45) is 7.05. The molecule has 0 atom stereocenters. The molecule has 6 heteroatoms. The molecule has 4 aliphatic rings. The number of hydrogen-bond acceptors (Lipinski definition) is 4. The van der Waals surface area contributed by atoms with Gasteiger partial charge in [-0.15, -0.1) is 11.3 Å². The van der Waals surface area contributed by atoms with Crippen LogP contribution in [0, 0.1) is 17.8 Å². The van der Waals surface area contributed by atoms with Crippen molar-refractivity contribution in [1.29, 1.82) is 0 Å². The highest BCUT2D eigenvalue weighted by atomic mass is 32.2. The maximum atomic E-state index is 12.7. The van der Waals surface area contributed by atoms with Gasteiger partial charge in [-0.25, -0.2) is 13.1 Å². The highest BCUT2D eigenvalue weighted by molar-refractivity contribution is 7.89. The molecule has 1 heterocycles. The van der Waals surface area contributed by atoms with Gasteiger partial charge in [-0.1, -0.05) is 0 Å². The summed E-state index contributed by atoms with van der Waals surface area (Å²) in [6, 6.07) is 1.72. The average Bonchev–Trinajstić information content (AvgIpc) is 2.85. The molecule has 116 valence electrons. The molecule has 0 spiro atoms. The van der Waals surface area contributed by atoms with E-state index in [0.717, 1.165) is 41.9 Å². The summed E-state index contributed by atoms with van der Waals surface area (Å²) in [5, 5.41) is 1.71. The van der Waals surface area contributed by atoms with E-state index in [1.54, 1.807) is 11.4 Å². The molecule has 3 N–H and O–H groups in total. The molecule has 0 unspecified atom stereocenters. The van der Waals surface area contributed by atoms with Crippen LogP contribution in [-0.2, 0) is 16.6 Å². The third-order valence-electron chi connectivity index (χ3n) is 5.53. The number of thiophene rings is 1. The van der Waals surface area contributed by atoms with Crippen molar-refractivity contribution >= 4 is 21.4 Å². The van der Waals surface area contributed by atoms with Gasteiger partial charge in [-0.3, -0.25) is 0 Å². The van der Waals surface area contributed by atoms with E-state index < -0.39 is 10.0 Å². The lowest BCUT2D eigenvalue weighted by atomic mass is 9.53. The van der Waals surface area contributed by atoms with E-state index in [9.17, 15) is 8.42 Å². The van der Waals surface area contributed by atoms with Gasteiger partial charge in [0.2, 0.25) is 10.0 Å². The quantitative estimate of drug-likeness (QED) is 0.893. The number of rotatable bonds is 4. The molecule has 4 bridgehead atoms. The van der Waals surface area contributed by atoms with Gasteiger partial charge < -0.3 is 5.73 Å². The average molecular weight is 326 g/mol. The molecule has 0 aliphatic heterocycles. The van der Waals surface area contributed by atoms with Crippen LogP contribution in [0.15, 0.2) is 16.3 Å². The fraction of sp³-hybridized carbons (Fsp3) is 0.733. The minimum Gasteiger partial charge on any atom is -0.326 e. The molecule has 0 amide bonds. The normalized spacial score (nSPS) is 38.0. The molecule has 5 rings (SSSR count). The van der Waals surface area contributed by atoms with Crippen LogP contribution in [0.25, 0.3) is 0 Å². The standard InChI is InChI=1S/C15H22N2O2S2/c16-8-13-4-14(9-20-13)21(18,19)17-15-5-10-1-11(6-15)3-12(2-10)7-15/h4,9-12,17H,1-3,5-8,16H2. The van der Waals surface area contributed by atoms with E-state index in [2.05, 4.69) is 4.72 Å². The predicted molar refractivity (Wildman–Crippen MR) is 83.4 cm³/mol. The molecule has 4 nitrogen and oxygen atoms in total. The topological polar surface area (TPSA) is 72.2 Å². The first kappa shape index (κ1) is 14.2. The zero-order valence-electron chi connectivity index (χ0n) is 12.0. The van der Waals surface area contributed by atoms with Crippen molar-refractivity contribution in [2.24, 2.45) is 23.5 Å². The molecule has 4 saturated carbocycles. The summed E-state index contributed by atoms with van der Waals surface area (Å²) in [5.41, 5.74) is 5.42. The van der Waals surface area contributed by atoms with Gasteiger partial charge in [0.1, 0.15) is 0 Å². The Morgan fingerprint density at radius 1 is 1.19 bits per heavy atom.